The molecule has 0 radical (unpaired) electrons. The number of aromatic nitrogens is 3. The molecule has 1 N–H and O–H groups in total. The fraction of sp³-hybridized carbons (Fsp3) is 0.500. The van der Waals surface area contributed by atoms with Gasteiger partial charge in [0.1, 0.15) is 5.52 Å². The first kappa shape index (κ1) is 12.1. The standard InChI is InChI=1S/C14H17N3O2/c1-14(2)6-5-10(8-14)17-12-7-9(13(18)19)3-4-11(12)15-16-17/h3-4,7,10H,5-6,8H2,1-2H3,(H,18,19). The lowest BCUT2D eigenvalue weighted by Gasteiger charge is -2.17. The summed E-state index contributed by atoms with van der Waals surface area (Å²) in [5.41, 5.74) is 2.19. The quantitative estimate of drug-likeness (QED) is 0.900. The SMILES string of the molecule is CC1(C)CCC(n2nnc3ccc(C(=O)O)cc32)C1. The van der Waals surface area contributed by atoms with E-state index in [9.17, 15) is 4.79 Å². The summed E-state index contributed by atoms with van der Waals surface area (Å²) >= 11 is 0. The number of hydrogen-bond acceptors (Lipinski definition) is 3. The monoisotopic (exact) mass is 259 g/mol. The molecule has 100 valence electrons. The van der Waals surface area contributed by atoms with Gasteiger partial charge in [0.2, 0.25) is 0 Å². The fourth-order valence-corrected chi connectivity index (χ4v) is 2.95. The van der Waals surface area contributed by atoms with Crippen molar-refractivity contribution in [2.75, 3.05) is 0 Å². The van der Waals surface area contributed by atoms with Crippen LogP contribution in [0.4, 0.5) is 0 Å². The normalized spacial score (nSPS) is 21.9. The summed E-state index contributed by atoms with van der Waals surface area (Å²) in [7, 11) is 0. The Bertz CT molecular complexity index is 645. The number of nitrogens with zero attached hydrogens (tertiary/aromatic N) is 3. The van der Waals surface area contributed by atoms with Gasteiger partial charge in [-0.05, 0) is 42.9 Å². The minimum absolute atomic E-state index is 0.285. The molecule has 1 unspecified atom stereocenters. The van der Waals surface area contributed by atoms with Gasteiger partial charge in [-0.2, -0.15) is 0 Å². The Morgan fingerprint density at radius 3 is 2.89 bits per heavy atom. The summed E-state index contributed by atoms with van der Waals surface area (Å²) in [5.74, 6) is -0.915. The minimum atomic E-state index is -0.915. The van der Waals surface area contributed by atoms with E-state index in [1.54, 1.807) is 18.2 Å². The molecule has 1 fully saturated rings. The summed E-state index contributed by atoms with van der Waals surface area (Å²) in [5, 5.41) is 17.4. The van der Waals surface area contributed by atoms with Gasteiger partial charge in [-0.25, -0.2) is 9.48 Å². The number of carboxylic acids is 1. The third-order valence-electron chi connectivity index (χ3n) is 4.01. The molecule has 1 aromatic carbocycles. The van der Waals surface area contributed by atoms with Crippen LogP contribution in [0.1, 0.15) is 49.5 Å². The largest absolute Gasteiger partial charge is 0.478 e. The van der Waals surface area contributed by atoms with E-state index < -0.39 is 5.97 Å². The molecule has 0 saturated heterocycles. The lowest BCUT2D eigenvalue weighted by molar-refractivity contribution is 0.0697. The van der Waals surface area contributed by atoms with Crippen LogP contribution in [0.2, 0.25) is 0 Å². The third kappa shape index (κ3) is 2.09. The van der Waals surface area contributed by atoms with Crippen LogP contribution >= 0.6 is 0 Å². The second-order valence-electron chi connectivity index (χ2n) is 6.10. The molecule has 1 aliphatic carbocycles. The Kier molecular flexibility index (Phi) is 2.59. The van der Waals surface area contributed by atoms with Crippen molar-refractivity contribution in [3.05, 3.63) is 23.8 Å². The van der Waals surface area contributed by atoms with Gasteiger partial charge in [0, 0.05) is 0 Å². The predicted octanol–water partition coefficient (Wildman–Crippen LogP) is 2.88. The zero-order valence-corrected chi connectivity index (χ0v) is 11.1. The number of fused-ring (bicyclic) bond motifs is 1. The maximum absolute atomic E-state index is 11.1. The molecule has 0 bridgehead atoms. The Hall–Kier alpha value is -1.91. The number of hydrogen-bond donors (Lipinski definition) is 1. The maximum Gasteiger partial charge on any atom is 0.335 e. The molecule has 5 heteroatoms. The Labute approximate surface area is 111 Å². The number of aromatic carboxylic acids is 1. The van der Waals surface area contributed by atoms with E-state index in [1.165, 1.54) is 0 Å². The first-order chi connectivity index (χ1) is 8.96. The average molecular weight is 259 g/mol. The van der Waals surface area contributed by atoms with Crippen LogP contribution in [-0.4, -0.2) is 26.1 Å². The van der Waals surface area contributed by atoms with Gasteiger partial charge >= 0.3 is 5.97 Å². The molecular formula is C14H17N3O2. The van der Waals surface area contributed by atoms with Crippen molar-refractivity contribution in [3.63, 3.8) is 0 Å². The number of carbonyl (C=O) groups is 1. The van der Waals surface area contributed by atoms with Crippen molar-refractivity contribution in [2.24, 2.45) is 5.41 Å². The lowest BCUT2D eigenvalue weighted by atomic mass is 9.92. The molecule has 0 amide bonds. The molecule has 0 aliphatic heterocycles. The minimum Gasteiger partial charge on any atom is -0.478 e. The summed E-state index contributed by atoms with van der Waals surface area (Å²) < 4.78 is 1.90. The molecule has 1 saturated carbocycles. The van der Waals surface area contributed by atoms with E-state index in [2.05, 4.69) is 24.2 Å². The third-order valence-corrected chi connectivity index (χ3v) is 4.01. The first-order valence-corrected chi connectivity index (χ1v) is 6.54. The highest BCUT2D eigenvalue weighted by Gasteiger charge is 2.33. The van der Waals surface area contributed by atoms with E-state index in [4.69, 9.17) is 5.11 Å². The van der Waals surface area contributed by atoms with E-state index in [0.717, 1.165) is 30.3 Å². The smallest absolute Gasteiger partial charge is 0.335 e. The highest BCUT2D eigenvalue weighted by atomic mass is 16.4. The van der Waals surface area contributed by atoms with Crippen molar-refractivity contribution < 1.29 is 9.90 Å². The van der Waals surface area contributed by atoms with Gasteiger partial charge < -0.3 is 5.11 Å². The molecule has 1 aromatic heterocycles. The van der Waals surface area contributed by atoms with Gasteiger partial charge in [0.05, 0.1) is 17.1 Å². The van der Waals surface area contributed by atoms with Gasteiger partial charge in [0.25, 0.3) is 0 Å². The number of carboxylic acid groups (broad SMARTS) is 1. The van der Waals surface area contributed by atoms with Crippen molar-refractivity contribution in [2.45, 2.75) is 39.2 Å². The zero-order chi connectivity index (χ0) is 13.6. The molecule has 3 rings (SSSR count). The molecule has 19 heavy (non-hydrogen) atoms. The van der Waals surface area contributed by atoms with Crippen molar-refractivity contribution in [3.8, 4) is 0 Å². The molecular weight excluding hydrogens is 242 g/mol. The van der Waals surface area contributed by atoms with Crippen LogP contribution in [0.5, 0.6) is 0 Å². The van der Waals surface area contributed by atoms with Crippen molar-refractivity contribution in [1.82, 2.24) is 15.0 Å². The fourth-order valence-electron chi connectivity index (χ4n) is 2.95. The average Bonchev–Trinajstić information content (AvgIpc) is 2.91. The molecule has 1 heterocycles. The van der Waals surface area contributed by atoms with Gasteiger partial charge in [-0.1, -0.05) is 19.1 Å². The second-order valence-corrected chi connectivity index (χ2v) is 6.10. The van der Waals surface area contributed by atoms with E-state index >= 15 is 0 Å². The Balaban J connectivity index is 2.04. The van der Waals surface area contributed by atoms with Crippen LogP contribution < -0.4 is 0 Å². The van der Waals surface area contributed by atoms with Crippen molar-refractivity contribution >= 4 is 17.0 Å². The Morgan fingerprint density at radius 2 is 2.26 bits per heavy atom. The van der Waals surface area contributed by atoms with Crippen LogP contribution in [0.3, 0.4) is 0 Å². The van der Waals surface area contributed by atoms with Crippen LogP contribution in [0, 0.1) is 5.41 Å². The van der Waals surface area contributed by atoms with E-state index in [1.807, 2.05) is 4.68 Å². The highest BCUT2D eigenvalue weighted by Crippen LogP contribution is 2.43. The topological polar surface area (TPSA) is 68.0 Å². The molecule has 0 spiro atoms. The Morgan fingerprint density at radius 1 is 1.47 bits per heavy atom. The second kappa shape index (κ2) is 4.05. The molecule has 1 aliphatic rings. The summed E-state index contributed by atoms with van der Waals surface area (Å²) in [4.78, 5) is 11.1. The summed E-state index contributed by atoms with van der Waals surface area (Å²) in [6, 6.07) is 5.29. The van der Waals surface area contributed by atoms with Gasteiger partial charge in [0.15, 0.2) is 0 Å². The molecule has 2 aromatic rings. The lowest BCUT2D eigenvalue weighted by Crippen LogP contribution is -2.10. The van der Waals surface area contributed by atoms with Crippen LogP contribution in [-0.2, 0) is 0 Å². The van der Waals surface area contributed by atoms with E-state index in [0.29, 0.717) is 11.5 Å². The number of rotatable bonds is 2. The maximum atomic E-state index is 11.1. The first-order valence-electron chi connectivity index (χ1n) is 6.54. The van der Waals surface area contributed by atoms with Gasteiger partial charge in [-0.15, -0.1) is 5.10 Å². The number of benzene rings is 1. The zero-order valence-electron chi connectivity index (χ0n) is 11.1. The summed E-state index contributed by atoms with van der Waals surface area (Å²) in [6.07, 6.45) is 3.29. The predicted molar refractivity (Wildman–Crippen MR) is 71.2 cm³/mol. The van der Waals surface area contributed by atoms with Crippen LogP contribution in [0.25, 0.3) is 11.0 Å². The van der Waals surface area contributed by atoms with Gasteiger partial charge in [-0.3, -0.25) is 0 Å². The molecule has 5 nitrogen and oxygen atoms in total. The summed E-state index contributed by atoms with van der Waals surface area (Å²) in [6.45, 7) is 4.52. The van der Waals surface area contributed by atoms with Crippen molar-refractivity contribution in [1.29, 1.82) is 0 Å². The van der Waals surface area contributed by atoms with E-state index in [-0.39, 0.29) is 5.56 Å². The van der Waals surface area contributed by atoms with Crippen LogP contribution in [0.15, 0.2) is 18.2 Å². The highest BCUT2D eigenvalue weighted by molar-refractivity contribution is 5.92. The molecule has 1 atom stereocenters.